The summed E-state index contributed by atoms with van der Waals surface area (Å²) < 4.78 is 0.896. The van der Waals surface area contributed by atoms with Crippen LogP contribution in [0.15, 0.2) is 53.0 Å². The first kappa shape index (κ1) is 11.4. The van der Waals surface area contributed by atoms with Gasteiger partial charge in [-0.05, 0) is 36.4 Å². The molecule has 0 spiro atoms. The number of hydrogen-bond acceptors (Lipinski definition) is 1. The molecule has 0 amide bonds. The Morgan fingerprint density at radius 1 is 1.00 bits per heavy atom. The number of carbonyl (C=O) groups is 1. The zero-order valence-electron chi connectivity index (χ0n) is 8.28. The van der Waals surface area contributed by atoms with Gasteiger partial charge in [-0.2, -0.15) is 0 Å². The largest absolute Gasteiger partial charge is 0.289 e. The number of carbonyl (C=O) groups excluding carboxylic acids is 1. The van der Waals surface area contributed by atoms with Gasteiger partial charge in [-0.15, -0.1) is 0 Å². The SMILES string of the molecule is O=C(c1ccc(Cl)cc1)c1cccc(Br)c1. The molecule has 0 saturated carbocycles. The Morgan fingerprint density at radius 3 is 2.31 bits per heavy atom. The second kappa shape index (κ2) is 4.81. The van der Waals surface area contributed by atoms with E-state index < -0.39 is 0 Å². The van der Waals surface area contributed by atoms with Crippen molar-refractivity contribution in [3.05, 3.63) is 69.2 Å². The molecule has 0 radical (unpaired) electrons. The Hall–Kier alpha value is -1.12. The molecule has 0 N–H and O–H groups in total. The van der Waals surface area contributed by atoms with Crippen molar-refractivity contribution in [1.82, 2.24) is 0 Å². The van der Waals surface area contributed by atoms with Crippen LogP contribution in [0.1, 0.15) is 15.9 Å². The van der Waals surface area contributed by atoms with Gasteiger partial charge in [0.1, 0.15) is 0 Å². The molecule has 3 heteroatoms. The highest BCUT2D eigenvalue weighted by Crippen LogP contribution is 2.17. The van der Waals surface area contributed by atoms with Crippen molar-refractivity contribution < 1.29 is 4.79 Å². The van der Waals surface area contributed by atoms with Crippen LogP contribution >= 0.6 is 27.5 Å². The quantitative estimate of drug-likeness (QED) is 0.754. The number of rotatable bonds is 2. The molecule has 2 aromatic rings. The molecule has 0 saturated heterocycles. The van der Waals surface area contributed by atoms with Crippen LogP contribution in [0.3, 0.4) is 0 Å². The van der Waals surface area contributed by atoms with Gasteiger partial charge in [0.2, 0.25) is 0 Å². The number of benzene rings is 2. The fourth-order valence-electron chi connectivity index (χ4n) is 1.40. The topological polar surface area (TPSA) is 17.1 Å². The number of hydrogen-bond donors (Lipinski definition) is 0. The van der Waals surface area contributed by atoms with Gasteiger partial charge in [-0.25, -0.2) is 0 Å². The molecular formula is C13H8BrClO. The maximum Gasteiger partial charge on any atom is 0.193 e. The molecule has 0 bridgehead atoms. The molecule has 16 heavy (non-hydrogen) atoms. The molecular weight excluding hydrogens is 287 g/mol. The third-order valence-corrected chi connectivity index (χ3v) is 2.94. The van der Waals surface area contributed by atoms with Crippen LogP contribution in [0.25, 0.3) is 0 Å². The molecule has 0 heterocycles. The summed E-state index contributed by atoms with van der Waals surface area (Å²) in [6.07, 6.45) is 0. The van der Waals surface area contributed by atoms with Crippen LogP contribution in [-0.2, 0) is 0 Å². The van der Waals surface area contributed by atoms with E-state index in [9.17, 15) is 4.79 Å². The van der Waals surface area contributed by atoms with E-state index in [1.54, 1.807) is 36.4 Å². The molecule has 0 aliphatic heterocycles. The maximum absolute atomic E-state index is 12.0. The smallest absolute Gasteiger partial charge is 0.193 e. The summed E-state index contributed by atoms with van der Waals surface area (Å²) in [5, 5.41) is 0.630. The summed E-state index contributed by atoms with van der Waals surface area (Å²) in [7, 11) is 0. The third-order valence-electron chi connectivity index (χ3n) is 2.19. The molecule has 0 unspecified atom stereocenters. The van der Waals surface area contributed by atoms with Crippen molar-refractivity contribution in [1.29, 1.82) is 0 Å². The van der Waals surface area contributed by atoms with Crippen LogP contribution in [0, 0.1) is 0 Å². The van der Waals surface area contributed by atoms with E-state index in [-0.39, 0.29) is 5.78 Å². The van der Waals surface area contributed by atoms with Gasteiger partial charge in [0.15, 0.2) is 5.78 Å². The van der Waals surface area contributed by atoms with Crippen molar-refractivity contribution in [3.8, 4) is 0 Å². The van der Waals surface area contributed by atoms with Crippen molar-refractivity contribution >= 4 is 33.3 Å². The van der Waals surface area contributed by atoms with E-state index in [2.05, 4.69) is 15.9 Å². The van der Waals surface area contributed by atoms with Crippen molar-refractivity contribution in [3.63, 3.8) is 0 Å². The van der Waals surface area contributed by atoms with Gasteiger partial charge in [-0.3, -0.25) is 4.79 Å². The second-order valence-corrected chi connectivity index (χ2v) is 4.70. The van der Waals surface area contributed by atoms with Crippen LogP contribution in [0.2, 0.25) is 5.02 Å². The van der Waals surface area contributed by atoms with E-state index in [0.29, 0.717) is 16.1 Å². The molecule has 1 nitrogen and oxygen atoms in total. The van der Waals surface area contributed by atoms with Crippen molar-refractivity contribution in [2.45, 2.75) is 0 Å². The lowest BCUT2D eigenvalue weighted by Crippen LogP contribution is -2.00. The van der Waals surface area contributed by atoms with Gasteiger partial charge >= 0.3 is 0 Å². The van der Waals surface area contributed by atoms with Gasteiger partial charge in [-0.1, -0.05) is 39.7 Å². The van der Waals surface area contributed by atoms with Gasteiger partial charge in [0.05, 0.1) is 0 Å². The first-order valence-electron chi connectivity index (χ1n) is 4.72. The van der Waals surface area contributed by atoms with Gasteiger partial charge < -0.3 is 0 Å². The van der Waals surface area contributed by atoms with E-state index >= 15 is 0 Å². The number of halogens is 2. The summed E-state index contributed by atoms with van der Waals surface area (Å²) in [6, 6.07) is 14.2. The fourth-order valence-corrected chi connectivity index (χ4v) is 1.92. The molecule has 0 aliphatic rings. The Kier molecular flexibility index (Phi) is 3.42. The van der Waals surface area contributed by atoms with E-state index in [4.69, 9.17) is 11.6 Å². The van der Waals surface area contributed by atoms with Gasteiger partial charge in [0, 0.05) is 20.6 Å². The highest BCUT2D eigenvalue weighted by molar-refractivity contribution is 9.10. The Labute approximate surface area is 107 Å². The van der Waals surface area contributed by atoms with E-state index in [0.717, 1.165) is 4.47 Å². The molecule has 0 aliphatic carbocycles. The third kappa shape index (κ3) is 2.52. The monoisotopic (exact) mass is 294 g/mol. The van der Waals surface area contributed by atoms with Crippen LogP contribution in [0.4, 0.5) is 0 Å². The maximum atomic E-state index is 12.0. The lowest BCUT2D eigenvalue weighted by molar-refractivity contribution is 0.103. The standard InChI is InChI=1S/C13H8BrClO/c14-11-3-1-2-10(8-11)13(16)9-4-6-12(15)7-5-9/h1-8H. The Balaban J connectivity index is 2.35. The minimum Gasteiger partial charge on any atom is -0.289 e. The average molecular weight is 296 g/mol. The van der Waals surface area contributed by atoms with Crippen LogP contribution < -0.4 is 0 Å². The van der Waals surface area contributed by atoms with Crippen LogP contribution in [0.5, 0.6) is 0 Å². The fraction of sp³-hybridized carbons (Fsp3) is 0. The predicted octanol–water partition coefficient (Wildman–Crippen LogP) is 4.33. The predicted molar refractivity (Wildman–Crippen MR) is 69.0 cm³/mol. The summed E-state index contributed by atoms with van der Waals surface area (Å²) in [6.45, 7) is 0. The van der Waals surface area contributed by atoms with Crippen molar-refractivity contribution in [2.75, 3.05) is 0 Å². The Morgan fingerprint density at radius 2 is 1.69 bits per heavy atom. The highest BCUT2D eigenvalue weighted by atomic mass is 79.9. The molecule has 0 atom stereocenters. The normalized spacial score (nSPS) is 10.1. The highest BCUT2D eigenvalue weighted by Gasteiger charge is 2.08. The molecule has 80 valence electrons. The minimum absolute atomic E-state index is 0.00188. The lowest BCUT2D eigenvalue weighted by atomic mass is 10.0. The second-order valence-electron chi connectivity index (χ2n) is 3.35. The lowest BCUT2D eigenvalue weighted by Gasteiger charge is -2.01. The molecule has 0 fully saturated rings. The van der Waals surface area contributed by atoms with Crippen LogP contribution in [-0.4, -0.2) is 5.78 Å². The van der Waals surface area contributed by atoms with Crippen molar-refractivity contribution in [2.24, 2.45) is 0 Å². The minimum atomic E-state index is -0.00188. The summed E-state index contributed by atoms with van der Waals surface area (Å²) >= 11 is 9.11. The zero-order valence-corrected chi connectivity index (χ0v) is 10.6. The molecule has 2 aromatic carbocycles. The van der Waals surface area contributed by atoms with E-state index in [1.807, 2.05) is 12.1 Å². The average Bonchev–Trinajstić information content (AvgIpc) is 2.29. The summed E-state index contributed by atoms with van der Waals surface area (Å²) in [5.41, 5.74) is 1.30. The van der Waals surface area contributed by atoms with E-state index in [1.165, 1.54) is 0 Å². The van der Waals surface area contributed by atoms with Gasteiger partial charge in [0.25, 0.3) is 0 Å². The summed E-state index contributed by atoms with van der Waals surface area (Å²) in [5.74, 6) is -0.00188. The first-order valence-corrected chi connectivity index (χ1v) is 5.90. The molecule has 0 aromatic heterocycles. The number of ketones is 1. The zero-order chi connectivity index (χ0) is 11.5. The summed E-state index contributed by atoms with van der Waals surface area (Å²) in [4.78, 5) is 12.0. The Bertz CT molecular complexity index is 520. The molecule has 2 rings (SSSR count). The first-order chi connectivity index (χ1) is 7.66.